The minimum absolute atomic E-state index is 0.0515. The number of likely N-dealkylation sites (tertiary alicyclic amines) is 1. The van der Waals surface area contributed by atoms with Crippen molar-refractivity contribution >= 4 is 17.5 Å². The second kappa shape index (κ2) is 8.24. The Hall–Kier alpha value is -1.88. The van der Waals surface area contributed by atoms with Gasteiger partial charge in [0.05, 0.1) is 11.8 Å². The van der Waals surface area contributed by atoms with E-state index in [0.29, 0.717) is 18.4 Å². The third kappa shape index (κ3) is 4.75. The van der Waals surface area contributed by atoms with Crippen molar-refractivity contribution in [1.29, 1.82) is 0 Å². The van der Waals surface area contributed by atoms with Gasteiger partial charge in [-0.1, -0.05) is 19.9 Å². The van der Waals surface area contributed by atoms with Crippen LogP contribution in [0.4, 0.5) is 5.69 Å². The number of anilines is 1. The van der Waals surface area contributed by atoms with Crippen molar-refractivity contribution in [2.24, 2.45) is 17.8 Å². The van der Waals surface area contributed by atoms with Gasteiger partial charge < -0.3 is 15.5 Å². The molecule has 4 rings (SSSR count). The zero-order chi connectivity index (χ0) is 19.7. The van der Waals surface area contributed by atoms with Crippen molar-refractivity contribution in [2.45, 2.75) is 58.4 Å². The van der Waals surface area contributed by atoms with Crippen LogP contribution in [0.1, 0.15) is 50.7 Å². The minimum atomic E-state index is -0.143. The first-order valence-corrected chi connectivity index (χ1v) is 10.9. The van der Waals surface area contributed by atoms with Crippen molar-refractivity contribution in [3.63, 3.8) is 0 Å². The molecule has 1 saturated carbocycles. The van der Waals surface area contributed by atoms with Crippen LogP contribution in [-0.4, -0.2) is 42.4 Å². The predicted molar refractivity (Wildman–Crippen MR) is 111 cm³/mol. The van der Waals surface area contributed by atoms with Gasteiger partial charge in [0, 0.05) is 31.4 Å². The van der Waals surface area contributed by atoms with E-state index in [9.17, 15) is 9.59 Å². The van der Waals surface area contributed by atoms with Crippen molar-refractivity contribution in [3.05, 3.63) is 29.3 Å². The fraction of sp³-hybridized carbons (Fsp3) is 0.652. The Morgan fingerprint density at radius 3 is 2.50 bits per heavy atom. The van der Waals surface area contributed by atoms with Crippen LogP contribution in [0.5, 0.6) is 0 Å². The summed E-state index contributed by atoms with van der Waals surface area (Å²) in [5, 5.41) is 6.27. The average Bonchev–Trinajstić information content (AvgIpc) is 3.34. The molecule has 2 aliphatic carbocycles. The van der Waals surface area contributed by atoms with E-state index in [1.165, 1.54) is 17.5 Å². The molecule has 0 unspecified atom stereocenters. The van der Waals surface area contributed by atoms with Gasteiger partial charge in [0.25, 0.3) is 0 Å². The second-order valence-corrected chi connectivity index (χ2v) is 9.35. The van der Waals surface area contributed by atoms with Gasteiger partial charge in [-0.25, -0.2) is 0 Å². The summed E-state index contributed by atoms with van der Waals surface area (Å²) in [5.41, 5.74) is 3.67. The maximum absolute atomic E-state index is 13.0. The highest BCUT2D eigenvalue weighted by molar-refractivity contribution is 5.93. The molecule has 2 amide bonds. The first-order chi connectivity index (χ1) is 13.5. The van der Waals surface area contributed by atoms with Crippen molar-refractivity contribution in [1.82, 2.24) is 10.2 Å². The van der Waals surface area contributed by atoms with E-state index in [-0.39, 0.29) is 23.7 Å². The Morgan fingerprint density at radius 1 is 1.07 bits per heavy atom. The molecule has 1 aromatic carbocycles. The van der Waals surface area contributed by atoms with Gasteiger partial charge in [0.15, 0.2) is 0 Å². The first-order valence-electron chi connectivity index (χ1n) is 10.9. The second-order valence-electron chi connectivity index (χ2n) is 9.35. The molecule has 0 radical (unpaired) electrons. The molecular formula is C23H33N3O2. The smallest absolute Gasteiger partial charge is 0.228 e. The molecule has 28 heavy (non-hydrogen) atoms. The number of hydrogen-bond acceptors (Lipinski definition) is 3. The van der Waals surface area contributed by atoms with Crippen LogP contribution in [0.3, 0.4) is 0 Å². The number of benzene rings is 1. The first kappa shape index (κ1) is 19.4. The minimum Gasteiger partial charge on any atom is -0.353 e. The molecule has 1 heterocycles. The number of carbonyl (C=O) groups is 2. The number of nitrogens with one attached hydrogen (secondary N) is 2. The van der Waals surface area contributed by atoms with Crippen LogP contribution in [-0.2, 0) is 22.4 Å². The standard InChI is InChI=1S/C23H33N3O2/c1-15(2)12-26-13-18(22(27)24-20-8-9-20)10-19(14-26)23(28)25-21-7-6-16-4-3-5-17(16)11-21/h6-7,11,15,18-20H,3-5,8-10,12-14H2,1-2H3,(H,24,27)(H,25,28)/t18-,19+/m0/s1. The lowest BCUT2D eigenvalue weighted by Crippen LogP contribution is -2.50. The fourth-order valence-corrected chi connectivity index (χ4v) is 4.68. The van der Waals surface area contributed by atoms with Crippen molar-refractivity contribution in [2.75, 3.05) is 25.0 Å². The highest BCUT2D eigenvalue weighted by atomic mass is 16.2. The fourth-order valence-electron chi connectivity index (χ4n) is 4.68. The number of nitrogens with zero attached hydrogens (tertiary/aromatic N) is 1. The summed E-state index contributed by atoms with van der Waals surface area (Å²) in [6, 6.07) is 6.67. The third-order valence-electron chi connectivity index (χ3n) is 6.18. The summed E-state index contributed by atoms with van der Waals surface area (Å²) < 4.78 is 0. The van der Waals surface area contributed by atoms with Crippen LogP contribution < -0.4 is 10.6 Å². The topological polar surface area (TPSA) is 61.4 Å². The van der Waals surface area contributed by atoms with Gasteiger partial charge in [-0.2, -0.15) is 0 Å². The Morgan fingerprint density at radius 2 is 1.79 bits per heavy atom. The zero-order valence-corrected chi connectivity index (χ0v) is 17.2. The Bertz CT molecular complexity index is 741. The summed E-state index contributed by atoms with van der Waals surface area (Å²) in [6.45, 7) is 6.80. The molecule has 152 valence electrons. The molecule has 1 aliphatic heterocycles. The molecule has 0 bridgehead atoms. The van der Waals surface area contributed by atoms with E-state index in [0.717, 1.165) is 51.0 Å². The molecule has 2 fully saturated rings. The van der Waals surface area contributed by atoms with Gasteiger partial charge in [-0.3, -0.25) is 9.59 Å². The summed E-state index contributed by atoms with van der Waals surface area (Å²) in [6.07, 6.45) is 6.29. The van der Waals surface area contributed by atoms with Gasteiger partial charge >= 0.3 is 0 Å². The van der Waals surface area contributed by atoms with E-state index in [2.05, 4.69) is 41.5 Å². The largest absolute Gasteiger partial charge is 0.353 e. The molecule has 0 spiro atoms. The SMILES string of the molecule is CC(C)CN1C[C@H](C(=O)Nc2ccc3c(c2)CCC3)C[C@H](C(=O)NC2CC2)C1. The summed E-state index contributed by atoms with van der Waals surface area (Å²) in [4.78, 5) is 28.0. The van der Waals surface area contributed by atoms with Gasteiger partial charge in [-0.15, -0.1) is 0 Å². The van der Waals surface area contributed by atoms with Gasteiger partial charge in [0.2, 0.25) is 11.8 Å². The van der Waals surface area contributed by atoms with Crippen LogP contribution in [0.15, 0.2) is 18.2 Å². The van der Waals surface area contributed by atoms with E-state index < -0.39 is 0 Å². The van der Waals surface area contributed by atoms with Gasteiger partial charge in [0.1, 0.15) is 0 Å². The predicted octanol–water partition coefficient (Wildman–Crippen LogP) is 2.99. The van der Waals surface area contributed by atoms with Crippen molar-refractivity contribution < 1.29 is 9.59 Å². The zero-order valence-electron chi connectivity index (χ0n) is 17.2. The number of aryl methyl sites for hydroxylation is 2. The molecule has 5 heteroatoms. The lowest BCUT2D eigenvalue weighted by atomic mass is 9.87. The molecule has 2 atom stereocenters. The number of amides is 2. The molecule has 3 aliphatic rings. The quantitative estimate of drug-likeness (QED) is 0.794. The molecule has 1 aromatic rings. The van der Waals surface area contributed by atoms with Crippen molar-refractivity contribution in [3.8, 4) is 0 Å². The number of hydrogen-bond donors (Lipinski definition) is 2. The van der Waals surface area contributed by atoms with E-state index in [1.54, 1.807) is 0 Å². The molecule has 5 nitrogen and oxygen atoms in total. The highest BCUT2D eigenvalue weighted by Gasteiger charge is 2.37. The normalized spacial score (nSPS) is 24.8. The van der Waals surface area contributed by atoms with Crippen LogP contribution in [0.25, 0.3) is 0 Å². The Balaban J connectivity index is 1.42. The molecular weight excluding hydrogens is 350 g/mol. The van der Waals surface area contributed by atoms with Crippen LogP contribution in [0.2, 0.25) is 0 Å². The monoisotopic (exact) mass is 383 g/mol. The number of piperidine rings is 1. The van der Waals surface area contributed by atoms with Crippen LogP contribution in [0, 0.1) is 17.8 Å². The van der Waals surface area contributed by atoms with E-state index in [4.69, 9.17) is 0 Å². The summed E-state index contributed by atoms with van der Waals surface area (Å²) >= 11 is 0. The van der Waals surface area contributed by atoms with Crippen LogP contribution >= 0.6 is 0 Å². The average molecular weight is 384 g/mol. The third-order valence-corrected chi connectivity index (χ3v) is 6.18. The maximum Gasteiger partial charge on any atom is 0.228 e. The Labute approximate surface area is 168 Å². The molecule has 1 saturated heterocycles. The Kier molecular flexibility index (Phi) is 5.72. The number of carbonyl (C=O) groups excluding carboxylic acids is 2. The maximum atomic E-state index is 13.0. The summed E-state index contributed by atoms with van der Waals surface area (Å²) in [5.74, 6) is 0.465. The van der Waals surface area contributed by atoms with E-state index >= 15 is 0 Å². The number of fused-ring (bicyclic) bond motifs is 1. The number of rotatable bonds is 6. The molecule has 2 N–H and O–H groups in total. The molecule has 0 aromatic heterocycles. The highest BCUT2D eigenvalue weighted by Crippen LogP contribution is 2.28. The lowest BCUT2D eigenvalue weighted by molar-refractivity contribution is -0.130. The van der Waals surface area contributed by atoms with E-state index in [1.807, 2.05) is 6.07 Å². The summed E-state index contributed by atoms with van der Waals surface area (Å²) in [7, 11) is 0. The van der Waals surface area contributed by atoms with Gasteiger partial charge in [-0.05, 0) is 67.7 Å². The lowest BCUT2D eigenvalue weighted by Gasteiger charge is -2.37.